The second-order valence-electron chi connectivity index (χ2n) is 4.78. The summed E-state index contributed by atoms with van der Waals surface area (Å²) >= 11 is 3.60. The van der Waals surface area contributed by atoms with Gasteiger partial charge in [0.25, 0.3) is 0 Å². The number of fused-ring (bicyclic) bond motifs is 1. The minimum absolute atomic E-state index is 0.0458. The Balaban J connectivity index is 2.12. The van der Waals surface area contributed by atoms with Crippen LogP contribution in [0.3, 0.4) is 0 Å². The summed E-state index contributed by atoms with van der Waals surface area (Å²) in [6, 6.07) is 5.72. The number of nitrogen functional groups attached to an aromatic ring is 1. The van der Waals surface area contributed by atoms with Gasteiger partial charge in [-0.15, -0.1) is 0 Å². The van der Waals surface area contributed by atoms with E-state index in [0.717, 1.165) is 14.2 Å². The summed E-state index contributed by atoms with van der Waals surface area (Å²) in [5, 5.41) is 0.558. The molecule has 0 fully saturated rings. The van der Waals surface area contributed by atoms with Gasteiger partial charge < -0.3 is 16.2 Å². The first kappa shape index (κ1) is 16.8. The maximum Gasteiger partial charge on any atom is 0.237 e. The molecular weight excluding hydrogens is 443 g/mol. The van der Waals surface area contributed by atoms with E-state index in [-0.39, 0.29) is 12.4 Å². The monoisotopic (exact) mass is 456 g/mol. The smallest absolute Gasteiger partial charge is 0.237 e. The molecule has 0 aliphatic rings. The molecular formula is C14H13IN6O2S. The number of rotatable bonds is 5. The standard InChI is InChI=1S/C14H13IN6O2S/c1-23-7-2-3-8(15)9(4-7)24-14-20-11-12(17)18-6-19-13(11)21(14)5-10(16)22/h2-4,6H,5H2,1H3,(H2,16,22)(H2,17,18,19). The fourth-order valence-electron chi connectivity index (χ4n) is 2.10. The van der Waals surface area contributed by atoms with Crippen LogP contribution < -0.4 is 16.2 Å². The van der Waals surface area contributed by atoms with E-state index in [2.05, 4.69) is 37.5 Å². The van der Waals surface area contributed by atoms with Gasteiger partial charge >= 0.3 is 0 Å². The molecule has 0 radical (unpaired) electrons. The number of amides is 1. The molecule has 0 saturated heterocycles. The third kappa shape index (κ3) is 3.24. The van der Waals surface area contributed by atoms with E-state index in [0.29, 0.717) is 16.3 Å². The van der Waals surface area contributed by atoms with Crippen LogP contribution in [-0.2, 0) is 11.3 Å². The largest absolute Gasteiger partial charge is 0.497 e. The zero-order valence-corrected chi connectivity index (χ0v) is 15.5. The summed E-state index contributed by atoms with van der Waals surface area (Å²) < 4.78 is 7.92. The zero-order valence-electron chi connectivity index (χ0n) is 12.6. The third-order valence-electron chi connectivity index (χ3n) is 3.18. The molecule has 0 atom stereocenters. The zero-order chi connectivity index (χ0) is 17.3. The minimum Gasteiger partial charge on any atom is -0.497 e. The fourth-order valence-corrected chi connectivity index (χ4v) is 3.70. The van der Waals surface area contributed by atoms with Gasteiger partial charge in [0.15, 0.2) is 22.1 Å². The van der Waals surface area contributed by atoms with Crippen LogP contribution in [0.15, 0.2) is 34.6 Å². The molecule has 3 rings (SSSR count). The van der Waals surface area contributed by atoms with E-state index in [1.807, 2.05) is 18.2 Å². The lowest BCUT2D eigenvalue weighted by Crippen LogP contribution is -2.19. The molecule has 2 aromatic heterocycles. The molecule has 1 aromatic carbocycles. The average Bonchev–Trinajstić information content (AvgIpc) is 2.88. The van der Waals surface area contributed by atoms with Crippen molar-refractivity contribution in [3.63, 3.8) is 0 Å². The van der Waals surface area contributed by atoms with Gasteiger partial charge in [-0.1, -0.05) is 11.8 Å². The summed E-state index contributed by atoms with van der Waals surface area (Å²) in [4.78, 5) is 25.0. The Morgan fingerprint density at radius 2 is 2.21 bits per heavy atom. The SMILES string of the molecule is COc1ccc(I)c(Sc2nc3c(N)ncnc3n2CC(N)=O)c1. The molecule has 0 aliphatic heterocycles. The van der Waals surface area contributed by atoms with Crippen LogP contribution in [0, 0.1) is 3.57 Å². The van der Waals surface area contributed by atoms with Crippen LogP contribution in [0.1, 0.15) is 0 Å². The number of halogens is 1. The molecule has 8 nitrogen and oxygen atoms in total. The van der Waals surface area contributed by atoms with Gasteiger partial charge in [0.1, 0.15) is 18.6 Å². The molecule has 10 heteroatoms. The number of nitrogens with zero attached hydrogens (tertiary/aromatic N) is 4. The predicted octanol–water partition coefficient (Wildman–Crippen LogP) is 1.66. The highest BCUT2D eigenvalue weighted by molar-refractivity contribution is 14.1. The van der Waals surface area contributed by atoms with Crippen molar-refractivity contribution < 1.29 is 9.53 Å². The molecule has 4 N–H and O–H groups in total. The van der Waals surface area contributed by atoms with Crippen LogP contribution >= 0.6 is 34.4 Å². The first-order valence-electron chi connectivity index (χ1n) is 6.76. The van der Waals surface area contributed by atoms with Crippen LogP contribution in [-0.4, -0.2) is 32.5 Å². The number of hydrogen-bond acceptors (Lipinski definition) is 7. The summed E-state index contributed by atoms with van der Waals surface area (Å²) in [6.07, 6.45) is 1.33. The quantitative estimate of drug-likeness (QED) is 0.560. The number of methoxy groups -OCH3 is 1. The molecule has 0 unspecified atom stereocenters. The highest BCUT2D eigenvalue weighted by Gasteiger charge is 2.18. The Kier molecular flexibility index (Phi) is 4.76. The number of imidazole rings is 1. The Morgan fingerprint density at radius 1 is 1.42 bits per heavy atom. The predicted molar refractivity (Wildman–Crippen MR) is 98.8 cm³/mol. The maximum absolute atomic E-state index is 11.4. The molecule has 0 spiro atoms. The number of carbonyl (C=O) groups is 1. The van der Waals surface area contributed by atoms with E-state index in [9.17, 15) is 4.79 Å². The molecule has 124 valence electrons. The van der Waals surface area contributed by atoms with E-state index in [4.69, 9.17) is 16.2 Å². The van der Waals surface area contributed by atoms with Crippen LogP contribution in [0.4, 0.5) is 5.82 Å². The van der Waals surface area contributed by atoms with Gasteiger partial charge in [-0.05, 0) is 40.8 Å². The lowest BCUT2D eigenvalue weighted by molar-refractivity contribution is -0.118. The van der Waals surface area contributed by atoms with Crippen molar-refractivity contribution in [3.8, 4) is 5.75 Å². The van der Waals surface area contributed by atoms with Gasteiger partial charge in [-0.3, -0.25) is 9.36 Å². The molecule has 3 aromatic rings. The van der Waals surface area contributed by atoms with Crippen molar-refractivity contribution in [2.24, 2.45) is 5.73 Å². The summed E-state index contributed by atoms with van der Waals surface area (Å²) in [5.74, 6) is 0.494. The number of hydrogen-bond donors (Lipinski definition) is 2. The maximum atomic E-state index is 11.4. The first-order valence-corrected chi connectivity index (χ1v) is 8.65. The molecule has 1 amide bonds. The highest BCUT2D eigenvalue weighted by atomic mass is 127. The van der Waals surface area contributed by atoms with Gasteiger partial charge in [0, 0.05) is 8.47 Å². The van der Waals surface area contributed by atoms with Crippen LogP contribution in [0.5, 0.6) is 5.75 Å². The molecule has 24 heavy (non-hydrogen) atoms. The second-order valence-corrected chi connectivity index (χ2v) is 6.95. The lowest BCUT2D eigenvalue weighted by Gasteiger charge is -2.08. The summed E-state index contributed by atoms with van der Waals surface area (Å²) in [6.45, 7) is -0.0458. The van der Waals surface area contributed by atoms with E-state index < -0.39 is 5.91 Å². The van der Waals surface area contributed by atoms with Gasteiger partial charge in [-0.25, -0.2) is 15.0 Å². The third-order valence-corrected chi connectivity index (χ3v) is 5.54. The van der Waals surface area contributed by atoms with E-state index in [1.54, 1.807) is 11.7 Å². The lowest BCUT2D eigenvalue weighted by atomic mass is 10.3. The van der Waals surface area contributed by atoms with Crippen molar-refractivity contribution >= 4 is 57.2 Å². The van der Waals surface area contributed by atoms with Gasteiger partial charge in [0.2, 0.25) is 5.91 Å². The summed E-state index contributed by atoms with van der Waals surface area (Å²) in [5.41, 5.74) is 12.1. The molecule has 0 aliphatic carbocycles. The average molecular weight is 456 g/mol. The first-order chi connectivity index (χ1) is 11.5. The number of anilines is 1. The van der Waals surface area contributed by atoms with Crippen molar-refractivity contribution in [1.82, 2.24) is 19.5 Å². The van der Waals surface area contributed by atoms with E-state index >= 15 is 0 Å². The van der Waals surface area contributed by atoms with Crippen molar-refractivity contribution in [1.29, 1.82) is 0 Å². The summed E-state index contributed by atoms with van der Waals surface area (Å²) in [7, 11) is 1.61. The minimum atomic E-state index is -0.492. The normalized spacial score (nSPS) is 10.9. The Morgan fingerprint density at radius 3 is 2.92 bits per heavy atom. The highest BCUT2D eigenvalue weighted by Crippen LogP contribution is 2.35. The number of aromatic nitrogens is 4. The number of carbonyl (C=O) groups excluding carboxylic acids is 1. The number of nitrogens with two attached hydrogens (primary N) is 2. The van der Waals surface area contributed by atoms with Crippen LogP contribution in [0.2, 0.25) is 0 Å². The second kappa shape index (κ2) is 6.81. The van der Waals surface area contributed by atoms with Crippen molar-refractivity contribution in [3.05, 3.63) is 28.1 Å². The van der Waals surface area contributed by atoms with E-state index in [1.165, 1.54) is 18.1 Å². The number of benzene rings is 1. The molecule has 0 bridgehead atoms. The van der Waals surface area contributed by atoms with Gasteiger partial charge in [-0.2, -0.15) is 0 Å². The molecule has 2 heterocycles. The number of ether oxygens (including phenoxy) is 1. The Hall–Kier alpha value is -2.08. The Labute approximate surface area is 155 Å². The van der Waals surface area contributed by atoms with Crippen molar-refractivity contribution in [2.75, 3.05) is 12.8 Å². The molecule has 0 saturated carbocycles. The topological polar surface area (TPSA) is 122 Å². The fraction of sp³-hybridized carbons (Fsp3) is 0.143. The number of primary amides is 1. The van der Waals surface area contributed by atoms with Gasteiger partial charge in [0.05, 0.1) is 7.11 Å². The van der Waals surface area contributed by atoms with Crippen molar-refractivity contribution in [2.45, 2.75) is 16.6 Å². The Bertz CT molecular complexity index is 929. The van der Waals surface area contributed by atoms with Crippen LogP contribution in [0.25, 0.3) is 11.2 Å².